The fourth-order valence-electron chi connectivity index (χ4n) is 1.82. The number of thioether (sulfide) groups is 1. The predicted molar refractivity (Wildman–Crippen MR) is 81.0 cm³/mol. The summed E-state index contributed by atoms with van der Waals surface area (Å²) in [5.74, 6) is 0.476. The van der Waals surface area contributed by atoms with E-state index in [0.29, 0.717) is 12.4 Å². The summed E-state index contributed by atoms with van der Waals surface area (Å²) >= 11 is 1.46. The molecule has 0 spiro atoms. The molecule has 0 N–H and O–H groups in total. The van der Waals surface area contributed by atoms with E-state index in [1.54, 1.807) is 26.1 Å². The van der Waals surface area contributed by atoms with Crippen LogP contribution in [-0.4, -0.2) is 53.9 Å². The fraction of sp³-hybridized carbons (Fsp3) is 0.429. The van der Waals surface area contributed by atoms with Crippen molar-refractivity contribution in [1.29, 1.82) is 0 Å². The first-order valence-electron chi connectivity index (χ1n) is 6.40. The van der Waals surface area contributed by atoms with E-state index in [4.69, 9.17) is 4.74 Å². The molecule has 2 aromatic rings. The summed E-state index contributed by atoms with van der Waals surface area (Å²) in [7, 11) is 5.20. The maximum absolute atomic E-state index is 11.7. The Morgan fingerprint density at radius 1 is 1.40 bits per heavy atom. The molecule has 0 saturated carbocycles. The van der Waals surface area contributed by atoms with E-state index in [2.05, 4.69) is 9.55 Å². The van der Waals surface area contributed by atoms with Crippen LogP contribution in [-0.2, 0) is 16.1 Å². The van der Waals surface area contributed by atoms with E-state index in [-0.39, 0.29) is 5.91 Å². The number of amides is 1. The number of nitrogens with zero attached hydrogens (tertiary/aromatic N) is 3. The minimum atomic E-state index is 0.0837. The first-order chi connectivity index (χ1) is 9.63. The predicted octanol–water partition coefficient (Wildman–Crippen LogP) is 1.86. The summed E-state index contributed by atoms with van der Waals surface area (Å²) in [5, 5.41) is 0.860. The van der Waals surface area contributed by atoms with Gasteiger partial charge in [0.1, 0.15) is 0 Å². The highest BCUT2D eigenvalue weighted by Crippen LogP contribution is 2.24. The third-order valence-corrected chi connectivity index (χ3v) is 3.92. The van der Waals surface area contributed by atoms with Gasteiger partial charge in [-0.3, -0.25) is 4.79 Å². The van der Waals surface area contributed by atoms with Gasteiger partial charge in [-0.1, -0.05) is 23.9 Å². The van der Waals surface area contributed by atoms with Crippen molar-refractivity contribution >= 4 is 28.7 Å². The lowest BCUT2D eigenvalue weighted by Gasteiger charge is -2.11. The van der Waals surface area contributed by atoms with Gasteiger partial charge in [-0.05, 0) is 12.1 Å². The van der Waals surface area contributed by atoms with Gasteiger partial charge < -0.3 is 14.2 Å². The Morgan fingerprint density at radius 3 is 2.85 bits per heavy atom. The molecule has 20 heavy (non-hydrogen) atoms. The molecule has 6 heteroatoms. The van der Waals surface area contributed by atoms with Crippen LogP contribution in [0.1, 0.15) is 0 Å². The number of hydrogen-bond donors (Lipinski definition) is 0. The third kappa shape index (κ3) is 3.32. The fourth-order valence-corrected chi connectivity index (χ4v) is 2.84. The minimum absolute atomic E-state index is 0.0837. The van der Waals surface area contributed by atoms with Crippen molar-refractivity contribution in [2.75, 3.05) is 33.6 Å². The molecule has 1 heterocycles. The Bertz CT molecular complexity index is 595. The standard InChI is InChI=1S/C14H19N3O2S/c1-16(2)13(18)10-20-14-15-11-6-4-5-7-12(11)17(14)8-9-19-3/h4-7H,8-10H2,1-3H3. The minimum Gasteiger partial charge on any atom is -0.383 e. The molecule has 0 atom stereocenters. The maximum Gasteiger partial charge on any atom is 0.232 e. The lowest BCUT2D eigenvalue weighted by atomic mass is 10.3. The van der Waals surface area contributed by atoms with Crippen molar-refractivity contribution in [2.24, 2.45) is 0 Å². The van der Waals surface area contributed by atoms with Gasteiger partial charge in [0.15, 0.2) is 5.16 Å². The van der Waals surface area contributed by atoms with Gasteiger partial charge in [0.05, 0.1) is 23.4 Å². The summed E-state index contributed by atoms with van der Waals surface area (Å²) in [6.45, 7) is 1.35. The van der Waals surface area contributed by atoms with Crippen LogP contribution < -0.4 is 0 Å². The molecule has 1 aromatic carbocycles. The van der Waals surface area contributed by atoms with Crippen LogP contribution >= 0.6 is 11.8 Å². The summed E-state index contributed by atoms with van der Waals surface area (Å²) in [6.07, 6.45) is 0. The van der Waals surface area contributed by atoms with Crippen LogP contribution in [0, 0.1) is 0 Å². The molecule has 0 fully saturated rings. The zero-order valence-corrected chi connectivity index (χ0v) is 12.8. The number of carbonyl (C=O) groups excluding carboxylic acids is 1. The van der Waals surface area contributed by atoms with Crippen molar-refractivity contribution in [2.45, 2.75) is 11.7 Å². The number of para-hydroxylation sites is 2. The third-order valence-electron chi connectivity index (χ3n) is 2.96. The lowest BCUT2D eigenvalue weighted by Crippen LogP contribution is -2.23. The largest absolute Gasteiger partial charge is 0.383 e. The highest BCUT2D eigenvalue weighted by atomic mass is 32.2. The van der Waals surface area contributed by atoms with Crippen LogP contribution in [0.4, 0.5) is 0 Å². The molecule has 0 unspecified atom stereocenters. The zero-order valence-electron chi connectivity index (χ0n) is 12.0. The number of ether oxygens (including phenoxy) is 1. The number of fused-ring (bicyclic) bond motifs is 1. The van der Waals surface area contributed by atoms with E-state index in [1.165, 1.54) is 11.8 Å². The summed E-state index contributed by atoms with van der Waals surface area (Å²) in [5.41, 5.74) is 2.02. The Hall–Kier alpha value is -1.53. The smallest absolute Gasteiger partial charge is 0.232 e. The molecule has 0 radical (unpaired) electrons. The summed E-state index contributed by atoms with van der Waals surface area (Å²) < 4.78 is 7.25. The number of aromatic nitrogens is 2. The Kier molecular flexibility index (Phi) is 5.03. The van der Waals surface area contributed by atoms with Crippen LogP contribution in [0.15, 0.2) is 29.4 Å². The number of methoxy groups -OCH3 is 1. The topological polar surface area (TPSA) is 47.4 Å². The highest BCUT2D eigenvalue weighted by Gasteiger charge is 2.13. The quantitative estimate of drug-likeness (QED) is 0.763. The van der Waals surface area contributed by atoms with Crippen molar-refractivity contribution < 1.29 is 9.53 Å². The summed E-state index contributed by atoms with van der Waals surface area (Å²) in [6, 6.07) is 7.98. The monoisotopic (exact) mass is 293 g/mol. The highest BCUT2D eigenvalue weighted by molar-refractivity contribution is 7.99. The molecule has 1 amide bonds. The second-order valence-corrected chi connectivity index (χ2v) is 5.55. The Labute approximate surface area is 122 Å². The van der Waals surface area contributed by atoms with Gasteiger partial charge >= 0.3 is 0 Å². The first kappa shape index (κ1) is 14.9. The molecule has 0 saturated heterocycles. The Balaban J connectivity index is 2.24. The molecular formula is C14H19N3O2S. The number of rotatable bonds is 6. The van der Waals surface area contributed by atoms with Gasteiger partial charge in [-0.2, -0.15) is 0 Å². The van der Waals surface area contributed by atoms with Crippen LogP contribution in [0.2, 0.25) is 0 Å². The summed E-state index contributed by atoms with van der Waals surface area (Å²) in [4.78, 5) is 17.9. The molecule has 5 nitrogen and oxygen atoms in total. The van der Waals surface area contributed by atoms with Crippen LogP contribution in [0.5, 0.6) is 0 Å². The van der Waals surface area contributed by atoms with Crippen molar-refractivity contribution in [3.05, 3.63) is 24.3 Å². The first-order valence-corrected chi connectivity index (χ1v) is 7.39. The Morgan fingerprint density at radius 2 is 2.15 bits per heavy atom. The molecule has 1 aromatic heterocycles. The molecule has 2 rings (SSSR count). The molecule has 0 aliphatic heterocycles. The average molecular weight is 293 g/mol. The molecular weight excluding hydrogens is 274 g/mol. The zero-order chi connectivity index (χ0) is 14.5. The van der Waals surface area contributed by atoms with E-state index in [0.717, 1.165) is 22.7 Å². The van der Waals surface area contributed by atoms with Crippen molar-refractivity contribution in [3.8, 4) is 0 Å². The maximum atomic E-state index is 11.7. The normalized spacial score (nSPS) is 10.9. The van der Waals surface area contributed by atoms with Gasteiger partial charge in [0, 0.05) is 27.7 Å². The lowest BCUT2D eigenvalue weighted by molar-refractivity contribution is -0.125. The van der Waals surface area contributed by atoms with Crippen molar-refractivity contribution in [3.63, 3.8) is 0 Å². The number of carbonyl (C=O) groups is 1. The molecule has 0 bridgehead atoms. The van der Waals surface area contributed by atoms with Crippen molar-refractivity contribution in [1.82, 2.24) is 14.5 Å². The van der Waals surface area contributed by atoms with E-state index < -0.39 is 0 Å². The average Bonchev–Trinajstić information content (AvgIpc) is 2.80. The van der Waals surface area contributed by atoms with Gasteiger partial charge in [0.2, 0.25) is 5.91 Å². The number of benzene rings is 1. The van der Waals surface area contributed by atoms with Gasteiger partial charge in [-0.25, -0.2) is 4.98 Å². The van der Waals surface area contributed by atoms with Crippen LogP contribution in [0.25, 0.3) is 11.0 Å². The van der Waals surface area contributed by atoms with E-state index in [9.17, 15) is 4.79 Å². The second-order valence-electron chi connectivity index (χ2n) is 4.60. The molecule has 0 aliphatic rings. The van der Waals surface area contributed by atoms with E-state index >= 15 is 0 Å². The molecule has 108 valence electrons. The van der Waals surface area contributed by atoms with E-state index in [1.807, 2.05) is 24.3 Å². The van der Waals surface area contributed by atoms with Gasteiger partial charge in [-0.15, -0.1) is 0 Å². The number of hydrogen-bond acceptors (Lipinski definition) is 4. The van der Waals surface area contributed by atoms with Gasteiger partial charge in [0.25, 0.3) is 0 Å². The van der Waals surface area contributed by atoms with Crippen LogP contribution in [0.3, 0.4) is 0 Å². The molecule has 0 aliphatic carbocycles. The SMILES string of the molecule is COCCn1c(SCC(=O)N(C)C)nc2ccccc21. The second kappa shape index (κ2) is 6.76. The number of imidazole rings is 1.